The number of hydrogen-bond donors (Lipinski definition) is 1. The molecule has 150 valence electrons. The van der Waals surface area contributed by atoms with Crippen molar-refractivity contribution < 1.29 is 14.5 Å². The number of hydrazine groups is 1. The van der Waals surface area contributed by atoms with E-state index in [4.69, 9.17) is 4.74 Å². The first-order valence-electron chi connectivity index (χ1n) is 9.32. The summed E-state index contributed by atoms with van der Waals surface area (Å²) in [6.45, 7) is 0. The minimum absolute atomic E-state index is 0.0223. The van der Waals surface area contributed by atoms with Gasteiger partial charge in [-0.15, -0.1) is 0 Å². The summed E-state index contributed by atoms with van der Waals surface area (Å²) in [5, 5.41) is 12.7. The van der Waals surface area contributed by atoms with Crippen molar-refractivity contribution in [3.8, 4) is 5.75 Å². The Bertz CT molecular complexity index is 1110. The topological polar surface area (TPSA) is 84.7 Å². The highest BCUT2D eigenvalue weighted by atomic mass is 16.6. The van der Waals surface area contributed by atoms with Gasteiger partial charge in [0.2, 0.25) is 0 Å². The van der Waals surface area contributed by atoms with Crippen LogP contribution in [0, 0.1) is 10.1 Å². The van der Waals surface area contributed by atoms with Crippen molar-refractivity contribution in [2.24, 2.45) is 0 Å². The van der Waals surface area contributed by atoms with Crippen molar-refractivity contribution in [3.05, 3.63) is 112 Å². The molecule has 0 bridgehead atoms. The summed E-state index contributed by atoms with van der Waals surface area (Å²) >= 11 is 0. The van der Waals surface area contributed by atoms with Crippen molar-refractivity contribution in [1.82, 2.24) is 10.4 Å². The van der Waals surface area contributed by atoms with Crippen molar-refractivity contribution in [3.63, 3.8) is 0 Å². The largest absolute Gasteiger partial charge is 0.497 e. The van der Waals surface area contributed by atoms with Crippen molar-refractivity contribution in [1.29, 1.82) is 0 Å². The average molecular weight is 401 g/mol. The molecule has 0 fully saturated rings. The summed E-state index contributed by atoms with van der Waals surface area (Å²) in [7, 11) is 1.60. The number of benzene rings is 3. The highest BCUT2D eigenvalue weighted by molar-refractivity contribution is 5.95. The van der Waals surface area contributed by atoms with E-state index in [1.165, 1.54) is 17.1 Å². The number of hydrogen-bond acceptors (Lipinski definition) is 5. The molecule has 1 amide bonds. The van der Waals surface area contributed by atoms with E-state index in [2.05, 4.69) is 5.43 Å². The highest BCUT2D eigenvalue weighted by Gasteiger charge is 2.32. The van der Waals surface area contributed by atoms with Crippen LogP contribution in [0.15, 0.2) is 84.9 Å². The summed E-state index contributed by atoms with van der Waals surface area (Å²) in [4.78, 5) is 24.0. The Morgan fingerprint density at radius 3 is 2.43 bits per heavy atom. The van der Waals surface area contributed by atoms with Crippen LogP contribution in [0.3, 0.4) is 0 Å². The molecule has 0 aliphatic carbocycles. The van der Waals surface area contributed by atoms with Crippen LogP contribution in [0.2, 0.25) is 0 Å². The van der Waals surface area contributed by atoms with Crippen molar-refractivity contribution in [2.45, 2.75) is 6.04 Å². The molecule has 7 nitrogen and oxygen atoms in total. The first-order chi connectivity index (χ1) is 14.6. The first kappa shape index (κ1) is 19.2. The number of nitro benzene ring substituents is 1. The second kappa shape index (κ2) is 8.08. The molecule has 4 rings (SSSR count). The molecule has 0 aromatic heterocycles. The molecule has 1 aliphatic heterocycles. The maximum atomic E-state index is 13.2. The lowest BCUT2D eigenvalue weighted by Gasteiger charge is -2.25. The SMILES string of the molecule is COc1ccc(C2=C[C@@H](c3cccc([N+](=O)[O-])c3)N(C(=O)c3ccccc3)N2)cc1. The Balaban J connectivity index is 1.74. The number of nitrogens with one attached hydrogen (secondary N) is 1. The van der Waals surface area contributed by atoms with E-state index in [9.17, 15) is 14.9 Å². The van der Waals surface area contributed by atoms with Gasteiger partial charge in [-0.2, -0.15) is 0 Å². The number of rotatable bonds is 5. The van der Waals surface area contributed by atoms with E-state index in [-0.39, 0.29) is 11.6 Å². The Hall–Kier alpha value is -4.13. The van der Waals surface area contributed by atoms with Crippen molar-refractivity contribution in [2.75, 3.05) is 7.11 Å². The molecule has 3 aromatic rings. The quantitative estimate of drug-likeness (QED) is 0.508. The van der Waals surface area contributed by atoms with Gasteiger partial charge in [0.15, 0.2) is 0 Å². The number of methoxy groups -OCH3 is 1. The van der Waals surface area contributed by atoms with Gasteiger partial charge in [0.1, 0.15) is 5.75 Å². The van der Waals surface area contributed by atoms with E-state index in [1.807, 2.05) is 36.4 Å². The Labute approximate surface area is 173 Å². The maximum absolute atomic E-state index is 13.2. The lowest BCUT2D eigenvalue weighted by Crippen LogP contribution is -2.39. The average Bonchev–Trinajstić information content (AvgIpc) is 3.25. The predicted octanol–water partition coefficient (Wildman–Crippen LogP) is 4.35. The minimum atomic E-state index is -0.505. The highest BCUT2D eigenvalue weighted by Crippen LogP contribution is 2.34. The molecular weight excluding hydrogens is 382 g/mol. The monoisotopic (exact) mass is 401 g/mol. The van der Waals surface area contributed by atoms with Gasteiger partial charge in [-0.05, 0) is 53.6 Å². The van der Waals surface area contributed by atoms with Crippen LogP contribution in [-0.4, -0.2) is 22.9 Å². The van der Waals surface area contributed by atoms with Crippen LogP contribution in [0.1, 0.15) is 27.5 Å². The second-order valence-electron chi connectivity index (χ2n) is 6.76. The maximum Gasteiger partial charge on any atom is 0.273 e. The normalized spacial score (nSPS) is 15.3. The Morgan fingerprint density at radius 1 is 1.03 bits per heavy atom. The van der Waals surface area contributed by atoms with Crippen LogP contribution >= 0.6 is 0 Å². The van der Waals surface area contributed by atoms with E-state index >= 15 is 0 Å². The first-order valence-corrected chi connectivity index (χ1v) is 9.32. The summed E-state index contributed by atoms with van der Waals surface area (Å²) in [5.74, 6) is 0.497. The molecule has 1 heterocycles. The summed E-state index contributed by atoms with van der Waals surface area (Å²) < 4.78 is 5.21. The lowest BCUT2D eigenvalue weighted by atomic mass is 10.0. The van der Waals surface area contributed by atoms with Crippen LogP contribution in [0.4, 0.5) is 5.69 Å². The number of nitro groups is 1. The fourth-order valence-electron chi connectivity index (χ4n) is 3.36. The van der Waals surface area contributed by atoms with Crippen LogP contribution in [0.5, 0.6) is 5.75 Å². The number of carbonyl (C=O) groups excluding carboxylic acids is 1. The zero-order valence-electron chi connectivity index (χ0n) is 16.2. The van der Waals surface area contributed by atoms with E-state index < -0.39 is 11.0 Å². The number of nitrogens with zero attached hydrogens (tertiary/aromatic N) is 2. The van der Waals surface area contributed by atoms with Gasteiger partial charge in [-0.3, -0.25) is 20.3 Å². The van der Waals surface area contributed by atoms with Crippen molar-refractivity contribution >= 4 is 17.3 Å². The molecule has 0 unspecified atom stereocenters. The smallest absolute Gasteiger partial charge is 0.273 e. The minimum Gasteiger partial charge on any atom is -0.497 e. The number of ether oxygens (including phenoxy) is 1. The van der Waals surface area contributed by atoms with Crippen LogP contribution < -0.4 is 10.2 Å². The van der Waals surface area contributed by atoms with Gasteiger partial charge < -0.3 is 4.74 Å². The number of carbonyl (C=O) groups is 1. The van der Waals surface area contributed by atoms with E-state index in [0.29, 0.717) is 11.1 Å². The van der Waals surface area contributed by atoms with Gasteiger partial charge in [0, 0.05) is 17.7 Å². The summed E-state index contributed by atoms with van der Waals surface area (Å²) in [6.07, 6.45) is 1.89. The van der Waals surface area contributed by atoms with E-state index in [1.54, 1.807) is 43.5 Å². The molecule has 0 saturated carbocycles. The van der Waals surface area contributed by atoms with Crippen LogP contribution in [0.25, 0.3) is 5.70 Å². The molecule has 0 radical (unpaired) electrons. The zero-order chi connectivity index (χ0) is 21.1. The fraction of sp³-hybridized carbons (Fsp3) is 0.0870. The van der Waals surface area contributed by atoms with Crippen LogP contribution in [-0.2, 0) is 0 Å². The standard InChI is InChI=1S/C23H19N3O4/c1-30-20-12-10-16(11-13-20)21-15-22(18-8-5-9-19(14-18)26(28)29)25(24-21)23(27)17-6-3-2-4-7-17/h2-15,22,24H,1H3/t22-/m0/s1. The second-order valence-corrected chi connectivity index (χ2v) is 6.76. The zero-order valence-corrected chi connectivity index (χ0v) is 16.2. The molecule has 0 saturated heterocycles. The Kier molecular flexibility index (Phi) is 5.17. The molecule has 30 heavy (non-hydrogen) atoms. The summed E-state index contributed by atoms with van der Waals surface area (Å²) in [6, 6.07) is 22.2. The third-order valence-electron chi connectivity index (χ3n) is 4.91. The summed E-state index contributed by atoms with van der Waals surface area (Å²) in [5.41, 5.74) is 5.92. The number of amides is 1. The molecule has 3 aromatic carbocycles. The van der Waals surface area contributed by atoms with Gasteiger partial charge in [0.25, 0.3) is 11.6 Å². The molecule has 1 atom stereocenters. The van der Waals surface area contributed by atoms with Gasteiger partial charge >= 0.3 is 0 Å². The molecule has 7 heteroatoms. The molecule has 0 spiro atoms. The molecular formula is C23H19N3O4. The third kappa shape index (κ3) is 3.73. The third-order valence-corrected chi connectivity index (χ3v) is 4.91. The lowest BCUT2D eigenvalue weighted by molar-refractivity contribution is -0.384. The number of non-ortho nitro benzene ring substituents is 1. The molecule has 1 aliphatic rings. The fourth-order valence-corrected chi connectivity index (χ4v) is 3.36. The Morgan fingerprint density at radius 2 is 1.77 bits per heavy atom. The van der Waals surface area contributed by atoms with Gasteiger partial charge in [-0.1, -0.05) is 30.3 Å². The predicted molar refractivity (Wildman–Crippen MR) is 113 cm³/mol. The van der Waals surface area contributed by atoms with Gasteiger partial charge in [-0.25, -0.2) is 5.01 Å². The van der Waals surface area contributed by atoms with E-state index in [0.717, 1.165) is 17.0 Å². The van der Waals surface area contributed by atoms with Gasteiger partial charge in [0.05, 0.1) is 23.8 Å². The molecule has 1 N–H and O–H groups in total.